The van der Waals surface area contributed by atoms with Crippen molar-refractivity contribution in [1.29, 1.82) is 0 Å². The lowest BCUT2D eigenvalue weighted by atomic mass is 10.3. The van der Waals surface area contributed by atoms with E-state index in [4.69, 9.17) is 0 Å². The highest BCUT2D eigenvalue weighted by molar-refractivity contribution is 5.94. The Hall–Kier alpha value is -1.51. The zero-order valence-electron chi connectivity index (χ0n) is 6.67. The number of para-hydroxylation sites is 1. The molecule has 0 unspecified atom stereocenters. The fraction of sp³-hybridized carbons (Fsp3) is 0.222. The molecule has 3 heteroatoms. The molecule has 0 aliphatic carbocycles. The molecule has 2 N–H and O–H groups in total. The normalized spacial score (nSPS) is 15.2. The van der Waals surface area contributed by atoms with E-state index in [0.717, 1.165) is 24.7 Å². The predicted octanol–water partition coefficient (Wildman–Crippen LogP) is 0.858. The number of nitrogens with zero attached hydrogens (tertiary/aromatic N) is 1. The van der Waals surface area contributed by atoms with E-state index < -0.39 is 0 Å². The fourth-order valence-electron chi connectivity index (χ4n) is 1.08. The molecule has 0 atom stereocenters. The number of hydrogen-bond donors (Lipinski definition) is 2. The second kappa shape index (κ2) is 3.26. The number of nitrogens with one attached hydrogen (secondary N) is 2. The molecule has 61 valence electrons. The maximum absolute atomic E-state index is 4.21. The highest BCUT2D eigenvalue weighted by Gasteiger charge is 2.03. The summed E-state index contributed by atoms with van der Waals surface area (Å²) in [5, 5.41) is 6.25. The van der Waals surface area contributed by atoms with Gasteiger partial charge in [0, 0.05) is 18.3 Å². The van der Waals surface area contributed by atoms with Crippen LogP contribution in [0.1, 0.15) is 0 Å². The molecule has 3 nitrogen and oxygen atoms in total. The van der Waals surface area contributed by atoms with Crippen molar-refractivity contribution in [2.24, 2.45) is 4.99 Å². The van der Waals surface area contributed by atoms with Gasteiger partial charge in [0.2, 0.25) is 0 Å². The molecule has 1 heterocycles. The monoisotopic (exact) mass is 160 g/mol. The summed E-state index contributed by atoms with van der Waals surface area (Å²) in [7, 11) is 0. The van der Waals surface area contributed by atoms with Gasteiger partial charge < -0.3 is 10.6 Å². The number of guanidine groups is 1. The highest BCUT2D eigenvalue weighted by Crippen LogP contribution is 2.03. The van der Waals surface area contributed by atoms with Crippen LogP contribution in [-0.2, 0) is 0 Å². The van der Waals surface area contributed by atoms with Gasteiger partial charge in [0.25, 0.3) is 0 Å². The van der Waals surface area contributed by atoms with Crippen LogP contribution >= 0.6 is 0 Å². The lowest BCUT2D eigenvalue weighted by Crippen LogP contribution is -2.26. The predicted molar refractivity (Wildman–Crippen MR) is 49.2 cm³/mol. The maximum atomic E-state index is 4.21. The summed E-state index contributed by atoms with van der Waals surface area (Å²) in [6, 6.07) is 10.8. The Labute approximate surface area is 71.5 Å². The van der Waals surface area contributed by atoms with Crippen LogP contribution in [0.5, 0.6) is 0 Å². The van der Waals surface area contributed by atoms with Crippen LogP contribution < -0.4 is 10.6 Å². The van der Waals surface area contributed by atoms with E-state index in [1.807, 2.05) is 24.3 Å². The van der Waals surface area contributed by atoms with Crippen molar-refractivity contribution in [3.8, 4) is 0 Å². The van der Waals surface area contributed by atoms with Crippen molar-refractivity contribution in [2.45, 2.75) is 0 Å². The molecule has 0 bridgehead atoms. The quantitative estimate of drug-likeness (QED) is 0.639. The largest absolute Gasteiger partial charge is 0.354 e. The van der Waals surface area contributed by atoms with E-state index in [9.17, 15) is 0 Å². The number of aliphatic imine (C=N–C) groups is 1. The van der Waals surface area contributed by atoms with Crippen molar-refractivity contribution in [2.75, 3.05) is 18.4 Å². The first-order chi connectivity index (χ1) is 5.95. The van der Waals surface area contributed by atoms with Crippen LogP contribution in [0.15, 0.2) is 29.3 Å². The molecule has 0 spiro atoms. The molecule has 0 fully saturated rings. The molecular formula is C9H10N3. The molecule has 1 aromatic rings. The van der Waals surface area contributed by atoms with Crippen molar-refractivity contribution in [1.82, 2.24) is 5.32 Å². The van der Waals surface area contributed by atoms with Crippen molar-refractivity contribution in [3.05, 3.63) is 30.3 Å². The van der Waals surface area contributed by atoms with Crippen LogP contribution in [0, 0.1) is 6.07 Å². The Kier molecular flexibility index (Phi) is 1.94. The van der Waals surface area contributed by atoms with E-state index in [-0.39, 0.29) is 0 Å². The van der Waals surface area contributed by atoms with Gasteiger partial charge >= 0.3 is 0 Å². The van der Waals surface area contributed by atoms with Crippen molar-refractivity contribution in [3.63, 3.8) is 0 Å². The van der Waals surface area contributed by atoms with E-state index in [1.165, 1.54) is 0 Å². The van der Waals surface area contributed by atoms with Gasteiger partial charge in [-0.1, -0.05) is 18.2 Å². The van der Waals surface area contributed by atoms with Gasteiger partial charge in [0.1, 0.15) is 0 Å². The average molecular weight is 160 g/mol. The number of anilines is 1. The number of hydrogen-bond acceptors (Lipinski definition) is 3. The first kappa shape index (κ1) is 7.16. The summed E-state index contributed by atoms with van der Waals surface area (Å²) in [4.78, 5) is 4.21. The molecule has 1 aromatic carbocycles. The van der Waals surface area contributed by atoms with Crippen molar-refractivity contribution < 1.29 is 0 Å². The van der Waals surface area contributed by atoms with Gasteiger partial charge in [-0.05, 0) is 6.07 Å². The first-order valence-corrected chi connectivity index (χ1v) is 3.97. The van der Waals surface area contributed by atoms with E-state index in [1.54, 1.807) is 0 Å². The Morgan fingerprint density at radius 1 is 1.50 bits per heavy atom. The summed E-state index contributed by atoms with van der Waals surface area (Å²) in [5.41, 5.74) is 0.950. The lowest BCUT2D eigenvalue weighted by Gasteiger charge is -2.04. The Morgan fingerprint density at radius 3 is 3.17 bits per heavy atom. The molecule has 1 radical (unpaired) electrons. The lowest BCUT2D eigenvalue weighted by molar-refractivity contribution is 0.959. The Morgan fingerprint density at radius 2 is 2.50 bits per heavy atom. The van der Waals surface area contributed by atoms with Crippen LogP contribution in [0.3, 0.4) is 0 Å². The highest BCUT2D eigenvalue weighted by atomic mass is 15.2. The summed E-state index contributed by atoms with van der Waals surface area (Å²) < 4.78 is 0. The smallest absolute Gasteiger partial charge is 0.195 e. The Bertz CT molecular complexity index is 279. The van der Waals surface area contributed by atoms with Crippen LogP contribution in [0.2, 0.25) is 0 Å². The van der Waals surface area contributed by atoms with Crippen LogP contribution in [0.25, 0.3) is 0 Å². The number of rotatable bonds is 1. The fourth-order valence-corrected chi connectivity index (χ4v) is 1.08. The molecule has 0 saturated heterocycles. The summed E-state index contributed by atoms with van der Waals surface area (Å²) in [6.07, 6.45) is 0. The van der Waals surface area contributed by atoms with Crippen LogP contribution in [-0.4, -0.2) is 19.0 Å². The van der Waals surface area contributed by atoms with Crippen LogP contribution in [0.4, 0.5) is 5.69 Å². The minimum absolute atomic E-state index is 0.845. The topological polar surface area (TPSA) is 36.4 Å². The molecular weight excluding hydrogens is 150 g/mol. The molecule has 0 saturated carbocycles. The average Bonchev–Trinajstić information content (AvgIpc) is 2.59. The minimum Gasteiger partial charge on any atom is -0.354 e. The third-order valence-corrected chi connectivity index (χ3v) is 1.64. The maximum Gasteiger partial charge on any atom is 0.195 e. The molecule has 1 aliphatic heterocycles. The second-order valence-electron chi connectivity index (χ2n) is 2.56. The summed E-state index contributed by atoms with van der Waals surface area (Å²) in [5.74, 6) is 0.845. The number of benzene rings is 1. The molecule has 2 rings (SSSR count). The van der Waals surface area contributed by atoms with Gasteiger partial charge in [-0.3, -0.25) is 4.99 Å². The zero-order valence-corrected chi connectivity index (χ0v) is 6.67. The van der Waals surface area contributed by atoms with E-state index in [2.05, 4.69) is 21.7 Å². The molecule has 1 aliphatic rings. The minimum atomic E-state index is 0.845. The zero-order chi connectivity index (χ0) is 8.23. The summed E-state index contributed by atoms with van der Waals surface area (Å²) in [6.45, 7) is 1.78. The van der Waals surface area contributed by atoms with E-state index >= 15 is 0 Å². The molecule has 0 aromatic heterocycles. The Balaban J connectivity index is 2.04. The standard InChI is InChI=1S/C9H10N3/c1-2-4-8(5-3-1)12-9-10-6-7-11-9/h1-4H,6-7H2,(H2,10,11,12). The molecule has 12 heavy (non-hydrogen) atoms. The first-order valence-electron chi connectivity index (χ1n) is 3.97. The van der Waals surface area contributed by atoms with Crippen molar-refractivity contribution >= 4 is 11.6 Å². The van der Waals surface area contributed by atoms with Gasteiger partial charge in [0.15, 0.2) is 5.96 Å². The van der Waals surface area contributed by atoms with Gasteiger partial charge in [-0.25, -0.2) is 0 Å². The van der Waals surface area contributed by atoms with Gasteiger partial charge in [0.05, 0.1) is 6.54 Å². The van der Waals surface area contributed by atoms with Gasteiger partial charge in [-0.15, -0.1) is 0 Å². The molecule has 0 amide bonds. The third kappa shape index (κ3) is 1.56. The SMILES string of the molecule is [c]1ccccc1NC1=NCCN1. The van der Waals surface area contributed by atoms with Gasteiger partial charge in [-0.2, -0.15) is 0 Å². The third-order valence-electron chi connectivity index (χ3n) is 1.64. The van der Waals surface area contributed by atoms with E-state index in [0.29, 0.717) is 0 Å². The summed E-state index contributed by atoms with van der Waals surface area (Å²) >= 11 is 0. The second-order valence-corrected chi connectivity index (χ2v) is 2.56.